The molecule has 0 unspecified atom stereocenters. The number of aryl methyl sites for hydroxylation is 2. The van der Waals surface area contributed by atoms with Crippen molar-refractivity contribution in [2.45, 2.75) is 74.6 Å². The molecule has 2 heterocycles. The molecule has 0 N–H and O–H groups in total. The van der Waals surface area contributed by atoms with Gasteiger partial charge in [-0.3, -0.25) is 4.57 Å². The minimum absolute atomic E-state index is 0.0267. The molecule has 2 aliphatic rings. The summed E-state index contributed by atoms with van der Waals surface area (Å²) in [5.41, 5.74) is 3.65. The molecule has 0 aliphatic heterocycles. The number of thioether (sulfide) groups is 1. The number of aromatic nitrogens is 2. The lowest BCUT2D eigenvalue weighted by molar-refractivity contribution is 0.328. The maximum Gasteiger partial charge on any atom is 0.349 e. The molecule has 0 saturated heterocycles. The van der Waals surface area contributed by atoms with Gasteiger partial charge in [-0.05, 0) is 49.7 Å². The van der Waals surface area contributed by atoms with Crippen LogP contribution in [0.15, 0.2) is 40.2 Å². The van der Waals surface area contributed by atoms with E-state index < -0.39 is 0 Å². The summed E-state index contributed by atoms with van der Waals surface area (Å²) in [6.45, 7) is 0. The second-order valence-electron chi connectivity index (χ2n) is 8.02. The van der Waals surface area contributed by atoms with E-state index in [1.165, 1.54) is 57.8 Å². The van der Waals surface area contributed by atoms with Crippen LogP contribution in [0.4, 0.5) is 0 Å². The lowest BCUT2D eigenvalue weighted by Crippen LogP contribution is -2.29. The van der Waals surface area contributed by atoms with Gasteiger partial charge in [0.05, 0.1) is 15.2 Å². The highest BCUT2D eigenvalue weighted by Gasteiger charge is 2.26. The molecule has 1 saturated carbocycles. The van der Waals surface area contributed by atoms with E-state index in [9.17, 15) is 4.79 Å². The number of rotatable bonds is 4. The molecule has 1 fully saturated rings. The zero-order valence-corrected chi connectivity index (χ0v) is 17.8. The highest BCUT2D eigenvalue weighted by molar-refractivity contribution is 7.98. The van der Waals surface area contributed by atoms with Crippen molar-refractivity contribution in [3.63, 3.8) is 0 Å². The Balaban J connectivity index is 1.63. The lowest BCUT2D eigenvalue weighted by Gasteiger charge is -2.26. The van der Waals surface area contributed by atoms with Gasteiger partial charge in [-0.15, -0.1) is 23.1 Å². The number of thiophene rings is 1. The van der Waals surface area contributed by atoms with E-state index in [4.69, 9.17) is 0 Å². The fourth-order valence-corrected chi connectivity index (χ4v) is 7.34. The maximum atomic E-state index is 13.2. The number of hydrogen-bond acceptors (Lipinski definition) is 4. The van der Waals surface area contributed by atoms with Crippen LogP contribution in [-0.4, -0.2) is 9.55 Å². The van der Waals surface area contributed by atoms with Gasteiger partial charge in [0.2, 0.25) is 0 Å². The first-order chi connectivity index (χ1) is 13.8. The number of hydrogen-bond donors (Lipinski definition) is 0. The third-order valence-electron chi connectivity index (χ3n) is 6.13. The number of fused-ring (bicyclic) bond motifs is 3. The van der Waals surface area contributed by atoms with E-state index in [1.54, 1.807) is 0 Å². The molecule has 0 atom stereocenters. The average molecular weight is 411 g/mol. The van der Waals surface area contributed by atoms with Crippen molar-refractivity contribution in [2.24, 2.45) is 0 Å². The van der Waals surface area contributed by atoms with Crippen LogP contribution in [0.2, 0.25) is 0 Å². The largest absolute Gasteiger partial charge is 0.349 e. The molecule has 0 spiro atoms. The van der Waals surface area contributed by atoms with Crippen LogP contribution in [0.5, 0.6) is 0 Å². The Hall–Kier alpha value is -1.59. The molecule has 3 nitrogen and oxygen atoms in total. The van der Waals surface area contributed by atoms with Crippen molar-refractivity contribution in [1.29, 1.82) is 0 Å². The van der Waals surface area contributed by atoms with Crippen LogP contribution < -0.4 is 5.69 Å². The molecule has 0 radical (unpaired) electrons. The molecule has 3 aromatic rings. The van der Waals surface area contributed by atoms with Crippen LogP contribution in [0.3, 0.4) is 0 Å². The third-order valence-corrected chi connectivity index (χ3v) is 8.70. The van der Waals surface area contributed by atoms with Crippen molar-refractivity contribution in [3.05, 3.63) is 56.8 Å². The second kappa shape index (κ2) is 8.03. The summed E-state index contributed by atoms with van der Waals surface area (Å²) in [4.78, 5) is 19.3. The van der Waals surface area contributed by atoms with Crippen molar-refractivity contribution < 1.29 is 0 Å². The Kier molecular flexibility index (Phi) is 5.29. The molecule has 146 valence electrons. The summed E-state index contributed by atoms with van der Waals surface area (Å²) < 4.78 is 3.33. The Morgan fingerprint density at radius 1 is 1.04 bits per heavy atom. The zero-order chi connectivity index (χ0) is 18.9. The minimum Gasteiger partial charge on any atom is -0.282 e. The fraction of sp³-hybridized carbons (Fsp3) is 0.478. The van der Waals surface area contributed by atoms with Crippen molar-refractivity contribution in [1.82, 2.24) is 9.55 Å². The van der Waals surface area contributed by atoms with Gasteiger partial charge in [0.15, 0.2) is 0 Å². The predicted molar refractivity (Wildman–Crippen MR) is 119 cm³/mol. The van der Waals surface area contributed by atoms with Crippen LogP contribution in [0.1, 0.15) is 67.0 Å². The van der Waals surface area contributed by atoms with Crippen LogP contribution in [-0.2, 0) is 18.6 Å². The predicted octanol–water partition coefficient (Wildman–Crippen LogP) is 6.13. The first-order valence-corrected chi connectivity index (χ1v) is 12.3. The standard InChI is InChI=1S/C23H26N2OS2/c26-23-24-20-18-13-7-8-14-19(18)28-21(20)22(25(23)17-11-5-2-6-12-17)27-15-16-9-3-1-4-10-16/h1,3-4,9-10,17H,2,5-8,11-15H2. The summed E-state index contributed by atoms with van der Waals surface area (Å²) in [6, 6.07) is 10.9. The van der Waals surface area contributed by atoms with Crippen LogP contribution in [0.25, 0.3) is 10.2 Å². The zero-order valence-electron chi connectivity index (χ0n) is 16.2. The van der Waals surface area contributed by atoms with Crippen molar-refractivity contribution >= 4 is 33.3 Å². The average Bonchev–Trinajstić information content (AvgIpc) is 3.11. The normalized spacial score (nSPS) is 17.7. The fourth-order valence-electron chi connectivity index (χ4n) is 4.68. The molecule has 2 aliphatic carbocycles. The molecular formula is C23H26N2OS2. The molecule has 0 amide bonds. The first kappa shape index (κ1) is 18.4. The van der Waals surface area contributed by atoms with Crippen LogP contribution in [0, 0.1) is 0 Å². The molecule has 28 heavy (non-hydrogen) atoms. The molecular weight excluding hydrogens is 384 g/mol. The molecule has 5 rings (SSSR count). The van der Waals surface area contributed by atoms with Gasteiger partial charge in [0.25, 0.3) is 0 Å². The SMILES string of the molecule is O=c1nc2c3c(sc2c(SCc2ccccc2)n1C1CCCCC1)CCCC3. The third kappa shape index (κ3) is 3.43. The maximum absolute atomic E-state index is 13.2. The lowest BCUT2D eigenvalue weighted by atomic mass is 9.95. The minimum atomic E-state index is -0.0267. The summed E-state index contributed by atoms with van der Waals surface area (Å²) in [5.74, 6) is 0.898. The highest BCUT2D eigenvalue weighted by Crippen LogP contribution is 2.42. The van der Waals surface area contributed by atoms with Gasteiger partial charge in [-0.1, -0.05) is 49.6 Å². The van der Waals surface area contributed by atoms with Gasteiger partial charge in [0.1, 0.15) is 0 Å². The Morgan fingerprint density at radius 2 is 1.82 bits per heavy atom. The Labute approximate surface area is 174 Å². The quantitative estimate of drug-likeness (QED) is 0.383. The second-order valence-corrected chi connectivity index (χ2v) is 10.1. The van der Waals surface area contributed by atoms with E-state index in [1.807, 2.05) is 23.1 Å². The molecule has 2 aromatic heterocycles. The van der Waals surface area contributed by atoms with E-state index >= 15 is 0 Å². The Morgan fingerprint density at radius 3 is 2.64 bits per heavy atom. The van der Waals surface area contributed by atoms with E-state index in [2.05, 4.69) is 39.9 Å². The van der Waals surface area contributed by atoms with Crippen molar-refractivity contribution in [2.75, 3.05) is 0 Å². The monoisotopic (exact) mass is 410 g/mol. The number of nitrogens with zero attached hydrogens (tertiary/aromatic N) is 2. The van der Waals surface area contributed by atoms with Crippen LogP contribution >= 0.6 is 23.1 Å². The highest BCUT2D eigenvalue weighted by atomic mass is 32.2. The van der Waals surface area contributed by atoms with E-state index in [-0.39, 0.29) is 5.69 Å². The summed E-state index contributed by atoms with van der Waals surface area (Å²) in [7, 11) is 0. The van der Waals surface area contributed by atoms with Gasteiger partial charge in [-0.2, -0.15) is 4.98 Å². The van der Waals surface area contributed by atoms with Gasteiger partial charge < -0.3 is 0 Å². The van der Waals surface area contributed by atoms with Crippen molar-refractivity contribution in [3.8, 4) is 0 Å². The Bertz CT molecular complexity index is 1030. The number of benzene rings is 1. The molecule has 5 heteroatoms. The van der Waals surface area contributed by atoms with Gasteiger partial charge >= 0.3 is 5.69 Å². The molecule has 0 bridgehead atoms. The van der Waals surface area contributed by atoms with E-state index in [0.29, 0.717) is 6.04 Å². The van der Waals surface area contributed by atoms with Gasteiger partial charge in [-0.25, -0.2) is 4.79 Å². The summed E-state index contributed by atoms with van der Waals surface area (Å²) in [5, 5.41) is 1.17. The van der Waals surface area contributed by atoms with E-state index in [0.717, 1.165) is 37.0 Å². The summed E-state index contributed by atoms with van der Waals surface area (Å²) >= 11 is 3.74. The molecule has 1 aromatic carbocycles. The summed E-state index contributed by atoms with van der Waals surface area (Å²) in [6.07, 6.45) is 10.7. The topological polar surface area (TPSA) is 34.9 Å². The smallest absolute Gasteiger partial charge is 0.282 e. The van der Waals surface area contributed by atoms with Gasteiger partial charge in [0, 0.05) is 16.7 Å². The first-order valence-electron chi connectivity index (χ1n) is 10.5.